The van der Waals surface area contributed by atoms with Crippen molar-refractivity contribution in [2.24, 2.45) is 23.5 Å². The van der Waals surface area contributed by atoms with Gasteiger partial charge in [0.1, 0.15) is 36.8 Å². The average Bonchev–Trinajstić information content (AvgIpc) is 3.57. The van der Waals surface area contributed by atoms with Crippen LogP contribution < -0.4 is 43.0 Å². The first-order valence-electron chi connectivity index (χ1n) is 17.9. The summed E-state index contributed by atoms with van der Waals surface area (Å²) in [5.41, 5.74) is 5.33. The van der Waals surface area contributed by atoms with Gasteiger partial charge >= 0.3 is 5.97 Å². The van der Waals surface area contributed by atoms with Gasteiger partial charge in [0, 0.05) is 19.9 Å². The Labute approximate surface area is 314 Å². The van der Waals surface area contributed by atoms with Gasteiger partial charge < -0.3 is 53.0 Å². The van der Waals surface area contributed by atoms with E-state index in [1.165, 1.54) is 11.8 Å². The fraction of sp³-hybridized carbons (Fsp3) is 0.706. The molecular formula is C34H57N9O11. The van der Waals surface area contributed by atoms with Gasteiger partial charge in [-0.2, -0.15) is 0 Å². The third kappa shape index (κ3) is 16.6. The Kier molecular flexibility index (Phi) is 19.6. The average molecular weight is 768 g/mol. The fourth-order valence-electron chi connectivity index (χ4n) is 5.55. The third-order valence-corrected chi connectivity index (χ3v) is 8.34. The molecule has 0 radical (unpaired) electrons. The molecule has 1 heterocycles. The zero-order chi connectivity index (χ0) is 41.3. The number of hydrogen-bond acceptors (Lipinski definition) is 10. The largest absolute Gasteiger partial charge is 0.480 e. The molecule has 0 saturated carbocycles. The molecule has 0 unspecified atom stereocenters. The minimum absolute atomic E-state index is 0.116. The van der Waals surface area contributed by atoms with E-state index in [1.807, 2.05) is 13.8 Å². The van der Waals surface area contributed by atoms with Crippen LogP contribution in [0.5, 0.6) is 0 Å². The normalized spacial score (nSPS) is 16.0. The van der Waals surface area contributed by atoms with Crippen LogP contribution in [0, 0.1) is 17.8 Å². The number of carbonyl (C=O) groups is 10. The Balaban J connectivity index is 3.14. The van der Waals surface area contributed by atoms with Crippen LogP contribution in [0.2, 0.25) is 0 Å². The summed E-state index contributed by atoms with van der Waals surface area (Å²) in [7, 11) is 0. The molecule has 1 rings (SSSR count). The van der Waals surface area contributed by atoms with Crippen LogP contribution in [0.3, 0.4) is 0 Å². The van der Waals surface area contributed by atoms with E-state index in [1.54, 1.807) is 27.7 Å². The second-order valence-corrected chi connectivity index (χ2v) is 14.3. The number of primary amides is 1. The van der Waals surface area contributed by atoms with E-state index in [0.717, 1.165) is 0 Å². The summed E-state index contributed by atoms with van der Waals surface area (Å²) in [4.78, 5) is 127. The summed E-state index contributed by atoms with van der Waals surface area (Å²) in [5.74, 6) is -8.43. The Morgan fingerprint density at radius 1 is 0.704 bits per heavy atom. The van der Waals surface area contributed by atoms with E-state index >= 15 is 0 Å². The van der Waals surface area contributed by atoms with Crippen molar-refractivity contribution >= 4 is 59.1 Å². The van der Waals surface area contributed by atoms with Gasteiger partial charge in [0.2, 0.25) is 53.2 Å². The Hall–Kier alpha value is -5.30. The molecule has 5 atom stereocenters. The highest BCUT2D eigenvalue weighted by Gasteiger charge is 2.39. The molecule has 1 fully saturated rings. The number of carbonyl (C=O) groups excluding carboxylic acids is 9. The van der Waals surface area contributed by atoms with Crippen LogP contribution >= 0.6 is 0 Å². The lowest BCUT2D eigenvalue weighted by atomic mass is 9.98. The van der Waals surface area contributed by atoms with Gasteiger partial charge in [-0.3, -0.25) is 47.9 Å². The SMILES string of the molecule is CC(=O)NCC(=O)NCC(=O)N[C@H](C(=O)N[C@@H](CC(C)C)C(=O)N[C@H](C(=O)N[C@@H](CCC(N)=O)C(=O)N1CCC[C@H]1C(=O)NCC(=O)O)C(C)C)C(C)C. The van der Waals surface area contributed by atoms with Gasteiger partial charge in [-0.15, -0.1) is 0 Å². The number of aliphatic carboxylic acids is 1. The Morgan fingerprint density at radius 2 is 1.26 bits per heavy atom. The zero-order valence-electron chi connectivity index (χ0n) is 32.0. The van der Waals surface area contributed by atoms with Crippen molar-refractivity contribution in [2.45, 2.75) is 111 Å². The van der Waals surface area contributed by atoms with Crippen LogP contribution in [0.4, 0.5) is 0 Å². The number of carboxylic acids is 1. The maximum absolute atomic E-state index is 13.7. The van der Waals surface area contributed by atoms with E-state index in [4.69, 9.17) is 10.8 Å². The Bertz CT molecular complexity index is 1400. The van der Waals surface area contributed by atoms with Crippen molar-refractivity contribution < 1.29 is 53.1 Å². The van der Waals surface area contributed by atoms with Crippen molar-refractivity contribution in [2.75, 3.05) is 26.2 Å². The van der Waals surface area contributed by atoms with Crippen LogP contribution in [0.1, 0.15) is 80.6 Å². The monoisotopic (exact) mass is 767 g/mol. The Morgan fingerprint density at radius 3 is 1.78 bits per heavy atom. The van der Waals surface area contributed by atoms with E-state index in [9.17, 15) is 47.9 Å². The maximum Gasteiger partial charge on any atom is 0.322 e. The third-order valence-electron chi connectivity index (χ3n) is 8.34. The molecule has 0 aromatic heterocycles. The fourth-order valence-corrected chi connectivity index (χ4v) is 5.55. The van der Waals surface area contributed by atoms with Crippen molar-refractivity contribution in [3.05, 3.63) is 0 Å². The first-order chi connectivity index (χ1) is 25.1. The number of likely N-dealkylation sites (tertiary alicyclic amines) is 1. The molecule has 304 valence electrons. The van der Waals surface area contributed by atoms with E-state index in [-0.39, 0.29) is 44.7 Å². The van der Waals surface area contributed by atoms with E-state index in [0.29, 0.717) is 6.42 Å². The number of rotatable bonds is 22. The minimum atomic E-state index is -1.33. The molecule has 0 aromatic carbocycles. The topological polar surface area (TPSA) is 304 Å². The van der Waals surface area contributed by atoms with Crippen LogP contribution in [0.15, 0.2) is 0 Å². The maximum atomic E-state index is 13.7. The minimum Gasteiger partial charge on any atom is -0.480 e. The second-order valence-electron chi connectivity index (χ2n) is 14.3. The van der Waals surface area contributed by atoms with Gasteiger partial charge in [0.25, 0.3) is 0 Å². The highest BCUT2D eigenvalue weighted by Crippen LogP contribution is 2.20. The lowest BCUT2D eigenvalue weighted by molar-refractivity contribution is -0.143. The summed E-state index contributed by atoms with van der Waals surface area (Å²) in [5, 5.41) is 26.3. The van der Waals surface area contributed by atoms with Gasteiger partial charge in [0.05, 0.1) is 13.1 Å². The number of carboxylic acid groups (broad SMARTS) is 1. The van der Waals surface area contributed by atoms with Crippen LogP contribution in [0.25, 0.3) is 0 Å². The van der Waals surface area contributed by atoms with Gasteiger partial charge in [0.15, 0.2) is 0 Å². The first-order valence-corrected chi connectivity index (χ1v) is 17.9. The van der Waals surface area contributed by atoms with Crippen LogP contribution in [-0.2, 0) is 47.9 Å². The molecule has 20 nitrogen and oxygen atoms in total. The highest BCUT2D eigenvalue weighted by molar-refractivity contribution is 5.97. The van der Waals surface area contributed by atoms with Crippen molar-refractivity contribution in [3.8, 4) is 0 Å². The summed E-state index contributed by atoms with van der Waals surface area (Å²) >= 11 is 0. The molecule has 54 heavy (non-hydrogen) atoms. The highest BCUT2D eigenvalue weighted by atomic mass is 16.4. The first kappa shape index (κ1) is 46.7. The predicted molar refractivity (Wildman–Crippen MR) is 192 cm³/mol. The molecule has 0 spiro atoms. The smallest absolute Gasteiger partial charge is 0.322 e. The number of hydrogen-bond donors (Lipinski definition) is 9. The summed E-state index contributed by atoms with van der Waals surface area (Å²) < 4.78 is 0. The molecule has 0 bridgehead atoms. The molecule has 0 aliphatic carbocycles. The quantitative estimate of drug-likeness (QED) is 0.0535. The zero-order valence-corrected chi connectivity index (χ0v) is 32.0. The number of nitrogens with two attached hydrogens (primary N) is 1. The van der Waals surface area contributed by atoms with Gasteiger partial charge in [-0.05, 0) is 43.4 Å². The number of amides is 9. The molecule has 1 aliphatic heterocycles. The van der Waals surface area contributed by atoms with Crippen molar-refractivity contribution in [1.29, 1.82) is 0 Å². The van der Waals surface area contributed by atoms with Gasteiger partial charge in [-0.1, -0.05) is 41.5 Å². The van der Waals surface area contributed by atoms with Crippen molar-refractivity contribution in [1.82, 2.24) is 42.1 Å². The summed E-state index contributed by atoms with van der Waals surface area (Å²) in [6.07, 6.45) is 0.310. The molecular weight excluding hydrogens is 710 g/mol. The molecule has 10 N–H and O–H groups in total. The molecule has 1 aliphatic rings. The second kappa shape index (κ2) is 22.7. The summed E-state index contributed by atoms with van der Waals surface area (Å²) in [6.45, 7) is 10.1. The van der Waals surface area contributed by atoms with Crippen LogP contribution in [-0.4, -0.2) is 126 Å². The number of nitrogens with one attached hydrogen (secondary N) is 7. The van der Waals surface area contributed by atoms with E-state index in [2.05, 4.69) is 37.2 Å². The predicted octanol–water partition coefficient (Wildman–Crippen LogP) is -3.01. The lowest BCUT2D eigenvalue weighted by Gasteiger charge is -2.31. The lowest BCUT2D eigenvalue weighted by Crippen LogP contribution is -2.61. The molecule has 20 heteroatoms. The molecule has 9 amide bonds. The standard InChI is InChI=1S/C34H57N9O11/c1-17(2)13-22(40-32(52)28(18(3)4)41-26(47)15-37-25(46)14-36-20(7)44)30(50)42-29(19(5)6)33(53)39-21(10-11-24(35)45)34(54)43-12-8-9-23(43)31(51)38-16-27(48)49/h17-19,21-23,28-29H,8-16H2,1-7H3,(H2,35,45)(H,36,44)(H,37,46)(H,38,51)(H,39,53)(H,40,52)(H,41,47)(H,42,50)(H,48,49)/t21-,22-,23-,28-,29-/m0/s1. The van der Waals surface area contributed by atoms with Gasteiger partial charge in [-0.25, -0.2) is 0 Å². The van der Waals surface area contributed by atoms with Crippen molar-refractivity contribution in [3.63, 3.8) is 0 Å². The molecule has 1 saturated heterocycles. The molecule has 0 aromatic rings. The summed E-state index contributed by atoms with van der Waals surface area (Å²) in [6, 6.07) is -5.84. The van der Waals surface area contributed by atoms with E-state index < -0.39 is 114 Å². The number of nitrogens with zero attached hydrogens (tertiary/aromatic N) is 1.